The number of rotatable bonds is 6. The molecule has 1 aliphatic heterocycles. The summed E-state index contributed by atoms with van der Waals surface area (Å²) in [6.07, 6.45) is 4.54. The Bertz CT molecular complexity index is 903. The number of nitrogens with zero attached hydrogens (tertiary/aromatic N) is 3. The Kier molecular flexibility index (Phi) is 7.28. The smallest absolute Gasteiger partial charge is 0.319 e. The summed E-state index contributed by atoms with van der Waals surface area (Å²) < 4.78 is 1.59. The number of aromatic nitrogens is 2. The van der Waals surface area contributed by atoms with Crippen molar-refractivity contribution in [3.63, 3.8) is 0 Å². The van der Waals surface area contributed by atoms with Crippen molar-refractivity contribution in [3.8, 4) is 0 Å². The van der Waals surface area contributed by atoms with Gasteiger partial charge in [0.1, 0.15) is 6.04 Å². The van der Waals surface area contributed by atoms with Gasteiger partial charge in [0.05, 0.1) is 11.8 Å². The third-order valence-electron chi connectivity index (χ3n) is 5.36. The van der Waals surface area contributed by atoms with E-state index in [4.69, 9.17) is 0 Å². The standard InChI is InChI=1S/C22H30N6O3/c1-15(2)19(26-22(31)25-17-7-5-4-6-8-17)21(30)28-11-9-18(10-12-28)24-20(29)16-13-23-27(3)14-16/h4-8,13-15,18-19H,9-12H2,1-3H3,(H,24,29)(H2,25,26,31). The van der Waals surface area contributed by atoms with E-state index in [0.717, 1.165) is 0 Å². The average Bonchev–Trinajstić information content (AvgIpc) is 3.19. The molecule has 166 valence electrons. The Labute approximate surface area is 182 Å². The summed E-state index contributed by atoms with van der Waals surface area (Å²) in [5.74, 6) is -0.315. The molecule has 1 fully saturated rings. The van der Waals surface area contributed by atoms with Crippen LogP contribution in [0.2, 0.25) is 0 Å². The van der Waals surface area contributed by atoms with Gasteiger partial charge in [-0.25, -0.2) is 4.79 Å². The number of benzene rings is 1. The molecule has 31 heavy (non-hydrogen) atoms. The second-order valence-electron chi connectivity index (χ2n) is 8.16. The highest BCUT2D eigenvalue weighted by molar-refractivity contribution is 5.94. The third kappa shape index (κ3) is 6.07. The quantitative estimate of drug-likeness (QED) is 0.656. The maximum absolute atomic E-state index is 13.1. The number of carbonyl (C=O) groups excluding carboxylic acids is 3. The van der Waals surface area contributed by atoms with Crippen LogP contribution in [0.4, 0.5) is 10.5 Å². The number of anilines is 1. The van der Waals surface area contributed by atoms with Crippen LogP contribution in [-0.4, -0.2) is 57.7 Å². The zero-order chi connectivity index (χ0) is 22.4. The largest absolute Gasteiger partial charge is 0.349 e. The highest BCUT2D eigenvalue weighted by Gasteiger charge is 2.31. The molecule has 1 unspecified atom stereocenters. The van der Waals surface area contributed by atoms with Crippen LogP contribution < -0.4 is 16.0 Å². The van der Waals surface area contributed by atoms with Crippen molar-refractivity contribution in [1.29, 1.82) is 0 Å². The summed E-state index contributed by atoms with van der Waals surface area (Å²) in [6.45, 7) is 4.88. The summed E-state index contributed by atoms with van der Waals surface area (Å²) in [6, 6.07) is 8.08. The van der Waals surface area contributed by atoms with Crippen molar-refractivity contribution in [2.24, 2.45) is 13.0 Å². The van der Waals surface area contributed by atoms with Gasteiger partial charge < -0.3 is 20.9 Å². The third-order valence-corrected chi connectivity index (χ3v) is 5.36. The lowest BCUT2D eigenvalue weighted by molar-refractivity contribution is -0.135. The Morgan fingerprint density at radius 1 is 1.10 bits per heavy atom. The summed E-state index contributed by atoms with van der Waals surface area (Å²) in [4.78, 5) is 39.5. The first-order chi connectivity index (χ1) is 14.8. The van der Waals surface area contributed by atoms with Crippen LogP contribution in [0.25, 0.3) is 0 Å². The van der Waals surface area contributed by atoms with E-state index in [2.05, 4.69) is 21.0 Å². The predicted molar refractivity (Wildman–Crippen MR) is 117 cm³/mol. The Morgan fingerprint density at radius 2 is 1.77 bits per heavy atom. The fourth-order valence-corrected chi connectivity index (χ4v) is 3.59. The lowest BCUT2D eigenvalue weighted by atomic mass is 9.99. The van der Waals surface area contributed by atoms with Gasteiger partial charge >= 0.3 is 6.03 Å². The highest BCUT2D eigenvalue weighted by atomic mass is 16.2. The molecule has 0 radical (unpaired) electrons. The van der Waals surface area contributed by atoms with Crippen LogP contribution >= 0.6 is 0 Å². The van der Waals surface area contributed by atoms with Gasteiger partial charge in [0.25, 0.3) is 5.91 Å². The normalized spacial score (nSPS) is 15.4. The van der Waals surface area contributed by atoms with E-state index in [1.165, 1.54) is 6.20 Å². The van der Waals surface area contributed by atoms with Crippen molar-refractivity contribution in [2.75, 3.05) is 18.4 Å². The van der Waals surface area contributed by atoms with Gasteiger partial charge in [0.2, 0.25) is 5.91 Å². The maximum atomic E-state index is 13.1. The van der Waals surface area contributed by atoms with Gasteiger partial charge in [-0.1, -0.05) is 32.0 Å². The first-order valence-electron chi connectivity index (χ1n) is 10.5. The predicted octanol–water partition coefficient (Wildman–Crippen LogP) is 1.99. The zero-order valence-electron chi connectivity index (χ0n) is 18.2. The minimum Gasteiger partial charge on any atom is -0.349 e. The molecule has 1 aromatic carbocycles. The molecule has 2 heterocycles. The Hall–Kier alpha value is -3.36. The van der Waals surface area contributed by atoms with Crippen molar-refractivity contribution < 1.29 is 14.4 Å². The zero-order valence-corrected chi connectivity index (χ0v) is 18.2. The molecule has 0 saturated carbocycles. The number of carbonyl (C=O) groups is 3. The molecular formula is C22H30N6O3. The van der Waals surface area contributed by atoms with E-state index in [1.54, 1.807) is 35.0 Å². The number of aryl methyl sites for hydroxylation is 1. The van der Waals surface area contributed by atoms with Gasteiger partial charge in [0.15, 0.2) is 0 Å². The Morgan fingerprint density at radius 3 is 2.35 bits per heavy atom. The van der Waals surface area contributed by atoms with E-state index in [9.17, 15) is 14.4 Å². The summed E-state index contributed by atoms with van der Waals surface area (Å²) in [5, 5.41) is 12.6. The molecule has 0 bridgehead atoms. The van der Waals surface area contributed by atoms with Gasteiger partial charge in [0, 0.05) is 38.1 Å². The molecule has 4 amide bonds. The minimum atomic E-state index is -0.620. The molecule has 9 heteroatoms. The van der Waals surface area contributed by atoms with Gasteiger partial charge in [-0.05, 0) is 30.9 Å². The first-order valence-corrected chi connectivity index (χ1v) is 10.5. The van der Waals surface area contributed by atoms with Gasteiger partial charge in [-0.2, -0.15) is 5.10 Å². The van der Waals surface area contributed by atoms with Crippen LogP contribution in [0.5, 0.6) is 0 Å². The number of hydrogen-bond donors (Lipinski definition) is 3. The second kappa shape index (κ2) is 10.1. The lowest BCUT2D eigenvalue weighted by Crippen LogP contribution is -2.55. The first kappa shape index (κ1) is 22.3. The number of amides is 4. The number of hydrogen-bond acceptors (Lipinski definition) is 4. The van der Waals surface area contributed by atoms with E-state index in [-0.39, 0.29) is 23.8 Å². The molecule has 3 rings (SSSR count). The second-order valence-corrected chi connectivity index (χ2v) is 8.16. The summed E-state index contributed by atoms with van der Waals surface area (Å²) in [7, 11) is 1.76. The number of para-hydroxylation sites is 1. The fraction of sp³-hybridized carbons (Fsp3) is 0.455. The fourth-order valence-electron chi connectivity index (χ4n) is 3.59. The SMILES string of the molecule is CC(C)C(NC(=O)Nc1ccccc1)C(=O)N1CCC(NC(=O)c2cnn(C)c2)CC1. The topological polar surface area (TPSA) is 108 Å². The minimum absolute atomic E-state index is 0.00333. The molecule has 1 atom stereocenters. The number of likely N-dealkylation sites (tertiary alicyclic amines) is 1. The van der Waals surface area contributed by atoms with Gasteiger partial charge in [-0.3, -0.25) is 14.3 Å². The van der Waals surface area contributed by atoms with Crippen LogP contribution in [0, 0.1) is 5.92 Å². The van der Waals surface area contributed by atoms with Crippen LogP contribution in [0.1, 0.15) is 37.0 Å². The average molecular weight is 427 g/mol. The molecule has 1 aromatic heterocycles. The molecule has 1 aliphatic rings. The summed E-state index contributed by atoms with van der Waals surface area (Å²) >= 11 is 0. The molecule has 3 N–H and O–H groups in total. The van der Waals surface area contributed by atoms with Crippen LogP contribution in [0.15, 0.2) is 42.7 Å². The van der Waals surface area contributed by atoms with E-state index in [0.29, 0.717) is 37.2 Å². The molecule has 0 aliphatic carbocycles. The monoisotopic (exact) mass is 426 g/mol. The lowest BCUT2D eigenvalue weighted by Gasteiger charge is -2.35. The van der Waals surface area contributed by atoms with E-state index in [1.807, 2.05) is 32.0 Å². The van der Waals surface area contributed by atoms with Crippen molar-refractivity contribution in [3.05, 3.63) is 48.3 Å². The summed E-state index contributed by atoms with van der Waals surface area (Å²) in [5.41, 5.74) is 1.19. The van der Waals surface area contributed by atoms with Crippen molar-refractivity contribution in [1.82, 2.24) is 25.3 Å². The maximum Gasteiger partial charge on any atom is 0.319 e. The van der Waals surface area contributed by atoms with Crippen molar-refractivity contribution in [2.45, 2.75) is 38.8 Å². The molecular weight excluding hydrogens is 396 g/mol. The van der Waals surface area contributed by atoms with Crippen LogP contribution in [0.3, 0.4) is 0 Å². The number of urea groups is 1. The molecule has 1 saturated heterocycles. The molecule has 0 spiro atoms. The number of nitrogens with one attached hydrogen (secondary N) is 3. The highest BCUT2D eigenvalue weighted by Crippen LogP contribution is 2.15. The van der Waals surface area contributed by atoms with E-state index >= 15 is 0 Å². The van der Waals surface area contributed by atoms with Crippen LogP contribution in [-0.2, 0) is 11.8 Å². The molecule has 2 aromatic rings. The van der Waals surface area contributed by atoms with E-state index < -0.39 is 12.1 Å². The Balaban J connectivity index is 1.51. The molecule has 9 nitrogen and oxygen atoms in total. The van der Waals surface area contributed by atoms with Crippen molar-refractivity contribution >= 4 is 23.5 Å². The van der Waals surface area contributed by atoms with Gasteiger partial charge in [-0.15, -0.1) is 0 Å². The number of piperidine rings is 1.